The molecular weight excluding hydrogens is 362 g/mol. The van der Waals surface area contributed by atoms with E-state index in [1.54, 1.807) is 0 Å². The highest BCUT2D eigenvalue weighted by atomic mass is 79.9. The van der Waals surface area contributed by atoms with E-state index in [-0.39, 0.29) is 17.3 Å². The van der Waals surface area contributed by atoms with Gasteiger partial charge in [0.25, 0.3) is 0 Å². The summed E-state index contributed by atoms with van der Waals surface area (Å²) in [7, 11) is 0. The van der Waals surface area contributed by atoms with Gasteiger partial charge in [0.05, 0.1) is 10.6 Å². The van der Waals surface area contributed by atoms with Crippen molar-refractivity contribution in [3.63, 3.8) is 0 Å². The Hall–Kier alpha value is -2.22. The fraction of sp³-hybridized carbons (Fsp3) is 0.333. The Morgan fingerprint density at radius 1 is 1.26 bits per heavy atom. The van der Waals surface area contributed by atoms with Crippen LogP contribution in [0.4, 0.5) is 23.0 Å². The molecule has 0 atom stereocenters. The Bertz CT molecular complexity index is 693. The van der Waals surface area contributed by atoms with E-state index in [1.165, 1.54) is 6.33 Å². The fourth-order valence-corrected chi connectivity index (χ4v) is 2.33. The second-order valence-electron chi connectivity index (χ2n) is 5.39. The van der Waals surface area contributed by atoms with Crippen molar-refractivity contribution in [3.05, 3.63) is 45.2 Å². The Labute approximate surface area is 142 Å². The zero-order valence-corrected chi connectivity index (χ0v) is 14.5. The maximum atomic E-state index is 11.4. The molecule has 0 spiro atoms. The minimum absolute atomic E-state index is 0.156. The van der Waals surface area contributed by atoms with Gasteiger partial charge in [0, 0.05) is 11.0 Å². The standard InChI is InChI=1S/C15H18BrN5O2/c1-10(2)7-8-17-14-13(21(22)23)15(19-9-18-14)20-12-6-4-3-5-11(12)16/h3-6,9-10H,7-8H2,1-2H3,(H2,17,18,19,20). The summed E-state index contributed by atoms with van der Waals surface area (Å²) in [5.74, 6) is 0.880. The van der Waals surface area contributed by atoms with E-state index in [0.29, 0.717) is 18.2 Å². The highest BCUT2D eigenvalue weighted by Crippen LogP contribution is 2.33. The lowest BCUT2D eigenvalue weighted by Gasteiger charge is -2.11. The molecule has 23 heavy (non-hydrogen) atoms. The Kier molecular flexibility index (Phi) is 5.86. The van der Waals surface area contributed by atoms with E-state index in [2.05, 4.69) is 50.4 Å². The molecule has 0 saturated heterocycles. The molecular formula is C15H18BrN5O2. The third-order valence-corrected chi connectivity index (χ3v) is 3.84. The number of hydrogen-bond donors (Lipinski definition) is 2. The Morgan fingerprint density at radius 3 is 2.61 bits per heavy atom. The number of aromatic nitrogens is 2. The van der Waals surface area contributed by atoms with Crippen LogP contribution in [0.2, 0.25) is 0 Å². The van der Waals surface area contributed by atoms with E-state index in [9.17, 15) is 10.1 Å². The topological polar surface area (TPSA) is 93.0 Å². The van der Waals surface area contributed by atoms with Gasteiger partial charge in [-0.3, -0.25) is 10.1 Å². The number of benzene rings is 1. The van der Waals surface area contributed by atoms with Crippen molar-refractivity contribution in [1.29, 1.82) is 0 Å². The lowest BCUT2D eigenvalue weighted by Crippen LogP contribution is -2.10. The molecule has 2 rings (SSSR count). The van der Waals surface area contributed by atoms with Crippen LogP contribution in [0.15, 0.2) is 35.1 Å². The molecule has 7 nitrogen and oxygen atoms in total. The van der Waals surface area contributed by atoms with Crippen molar-refractivity contribution in [1.82, 2.24) is 9.97 Å². The predicted octanol–water partition coefficient (Wildman–Crippen LogP) is 4.35. The molecule has 1 aromatic carbocycles. The fourth-order valence-electron chi connectivity index (χ4n) is 1.94. The van der Waals surface area contributed by atoms with E-state index in [4.69, 9.17) is 0 Å². The normalized spacial score (nSPS) is 10.6. The van der Waals surface area contributed by atoms with Gasteiger partial charge < -0.3 is 10.6 Å². The summed E-state index contributed by atoms with van der Waals surface area (Å²) in [5, 5.41) is 17.5. The molecule has 0 saturated carbocycles. The molecule has 1 heterocycles. The van der Waals surface area contributed by atoms with Crippen LogP contribution >= 0.6 is 15.9 Å². The van der Waals surface area contributed by atoms with Gasteiger partial charge in [-0.25, -0.2) is 9.97 Å². The van der Waals surface area contributed by atoms with Gasteiger partial charge in [0.1, 0.15) is 6.33 Å². The largest absolute Gasteiger partial charge is 0.364 e. The number of halogens is 1. The molecule has 2 N–H and O–H groups in total. The maximum absolute atomic E-state index is 11.4. The highest BCUT2D eigenvalue weighted by molar-refractivity contribution is 9.10. The van der Waals surface area contributed by atoms with Crippen molar-refractivity contribution in [2.75, 3.05) is 17.2 Å². The van der Waals surface area contributed by atoms with Gasteiger partial charge in [0.15, 0.2) is 0 Å². The summed E-state index contributed by atoms with van der Waals surface area (Å²) in [6, 6.07) is 7.35. The third kappa shape index (κ3) is 4.62. The molecule has 0 bridgehead atoms. The quantitative estimate of drug-likeness (QED) is 0.548. The number of anilines is 3. The van der Waals surface area contributed by atoms with E-state index in [0.717, 1.165) is 10.9 Å². The van der Waals surface area contributed by atoms with Gasteiger partial charge in [-0.15, -0.1) is 0 Å². The minimum atomic E-state index is -0.475. The SMILES string of the molecule is CC(C)CCNc1ncnc(Nc2ccccc2Br)c1[N+](=O)[O-]. The molecule has 0 unspecified atom stereocenters. The van der Waals surface area contributed by atoms with Gasteiger partial charge in [-0.2, -0.15) is 0 Å². The first-order valence-electron chi connectivity index (χ1n) is 7.24. The average molecular weight is 380 g/mol. The van der Waals surface area contributed by atoms with E-state index in [1.807, 2.05) is 24.3 Å². The summed E-state index contributed by atoms with van der Waals surface area (Å²) in [6.07, 6.45) is 2.21. The summed E-state index contributed by atoms with van der Waals surface area (Å²) in [5.41, 5.74) is 0.537. The second kappa shape index (κ2) is 7.87. The van der Waals surface area contributed by atoms with Gasteiger partial charge >= 0.3 is 5.69 Å². The Morgan fingerprint density at radius 2 is 1.96 bits per heavy atom. The van der Waals surface area contributed by atoms with Crippen LogP contribution in [0.5, 0.6) is 0 Å². The minimum Gasteiger partial charge on any atom is -0.364 e. The van der Waals surface area contributed by atoms with Crippen molar-refractivity contribution in [2.24, 2.45) is 5.92 Å². The van der Waals surface area contributed by atoms with E-state index >= 15 is 0 Å². The van der Waals surface area contributed by atoms with Crippen LogP contribution in [-0.4, -0.2) is 21.4 Å². The number of hydrogen-bond acceptors (Lipinski definition) is 6. The first-order valence-corrected chi connectivity index (χ1v) is 8.03. The van der Waals surface area contributed by atoms with Crippen molar-refractivity contribution < 1.29 is 4.92 Å². The summed E-state index contributed by atoms with van der Waals surface area (Å²) in [6.45, 7) is 4.80. The molecule has 0 aliphatic rings. The first-order chi connectivity index (χ1) is 11.0. The molecule has 0 aliphatic carbocycles. The first kappa shape index (κ1) is 17.1. The lowest BCUT2D eigenvalue weighted by molar-refractivity contribution is -0.383. The smallest absolute Gasteiger partial charge is 0.353 e. The zero-order chi connectivity index (χ0) is 16.8. The van der Waals surface area contributed by atoms with Crippen molar-refractivity contribution in [2.45, 2.75) is 20.3 Å². The van der Waals surface area contributed by atoms with Crippen LogP contribution in [0.25, 0.3) is 0 Å². The predicted molar refractivity (Wildman–Crippen MR) is 94.1 cm³/mol. The number of nitro groups is 1. The average Bonchev–Trinajstić information content (AvgIpc) is 2.49. The molecule has 0 radical (unpaired) electrons. The molecule has 1 aromatic heterocycles. The monoisotopic (exact) mass is 379 g/mol. The zero-order valence-electron chi connectivity index (χ0n) is 12.9. The summed E-state index contributed by atoms with van der Waals surface area (Å²) >= 11 is 3.40. The molecule has 0 aliphatic heterocycles. The van der Waals surface area contributed by atoms with Gasteiger partial charge in [-0.1, -0.05) is 26.0 Å². The summed E-state index contributed by atoms with van der Waals surface area (Å²) in [4.78, 5) is 19.0. The molecule has 0 fully saturated rings. The third-order valence-electron chi connectivity index (χ3n) is 3.15. The van der Waals surface area contributed by atoms with Crippen LogP contribution in [0, 0.1) is 16.0 Å². The summed E-state index contributed by atoms with van der Waals surface area (Å²) < 4.78 is 0.794. The van der Waals surface area contributed by atoms with Crippen LogP contribution < -0.4 is 10.6 Å². The number of para-hydroxylation sites is 1. The Balaban J connectivity index is 2.29. The van der Waals surface area contributed by atoms with Gasteiger partial charge in [0.2, 0.25) is 11.6 Å². The second-order valence-corrected chi connectivity index (χ2v) is 6.25. The van der Waals surface area contributed by atoms with Gasteiger partial charge in [-0.05, 0) is 40.4 Å². The van der Waals surface area contributed by atoms with Crippen LogP contribution in [0.1, 0.15) is 20.3 Å². The van der Waals surface area contributed by atoms with Crippen molar-refractivity contribution in [3.8, 4) is 0 Å². The molecule has 8 heteroatoms. The van der Waals surface area contributed by atoms with Crippen LogP contribution in [0.3, 0.4) is 0 Å². The lowest BCUT2D eigenvalue weighted by atomic mass is 10.1. The number of nitrogens with zero attached hydrogens (tertiary/aromatic N) is 3. The molecule has 0 amide bonds. The number of nitrogens with one attached hydrogen (secondary N) is 2. The molecule has 122 valence electrons. The maximum Gasteiger partial charge on any atom is 0.353 e. The highest BCUT2D eigenvalue weighted by Gasteiger charge is 2.23. The van der Waals surface area contributed by atoms with Crippen molar-refractivity contribution >= 4 is 38.9 Å². The van der Waals surface area contributed by atoms with E-state index < -0.39 is 4.92 Å². The number of rotatable bonds is 7. The van der Waals surface area contributed by atoms with Crippen LogP contribution in [-0.2, 0) is 0 Å². The molecule has 2 aromatic rings.